The molecule has 0 heterocycles. The van der Waals surface area contributed by atoms with Crippen molar-refractivity contribution >= 4 is 11.0 Å². The Kier molecular flexibility index (Phi) is 4.08. The summed E-state index contributed by atoms with van der Waals surface area (Å²) >= 11 is 0. The monoisotopic (exact) mass is 198 g/mol. The highest BCUT2D eigenvalue weighted by atomic mass is 32.2. The van der Waals surface area contributed by atoms with Crippen molar-refractivity contribution in [1.82, 2.24) is 0 Å². The van der Waals surface area contributed by atoms with Crippen LogP contribution in [0.1, 0.15) is 12.0 Å². The lowest BCUT2D eigenvalue weighted by Crippen LogP contribution is -2.04. The fourth-order valence-corrected chi connectivity index (χ4v) is 1.61. The molecule has 1 rings (SSSR count). The first-order chi connectivity index (χ1) is 6.24. The van der Waals surface area contributed by atoms with Gasteiger partial charge in [-0.15, -0.1) is 0 Å². The molecule has 13 heavy (non-hydrogen) atoms. The van der Waals surface area contributed by atoms with E-state index in [0.29, 0.717) is 11.4 Å². The van der Waals surface area contributed by atoms with Gasteiger partial charge >= 0.3 is 0 Å². The Labute approximate surface area is 80.7 Å². The van der Waals surface area contributed by atoms with Crippen molar-refractivity contribution in [2.45, 2.75) is 17.7 Å². The molecule has 4 N–H and O–H groups in total. The molecule has 0 amide bonds. The zero-order valence-corrected chi connectivity index (χ0v) is 8.22. The zero-order chi connectivity index (χ0) is 9.68. The van der Waals surface area contributed by atoms with E-state index < -0.39 is 11.0 Å². The molecule has 0 saturated heterocycles. The largest absolute Gasteiger partial charge is 0.330 e. The average molecular weight is 198 g/mol. The van der Waals surface area contributed by atoms with Crippen molar-refractivity contribution in [3.63, 3.8) is 0 Å². The van der Waals surface area contributed by atoms with Crippen LogP contribution in [0.5, 0.6) is 0 Å². The van der Waals surface area contributed by atoms with E-state index in [4.69, 9.17) is 10.9 Å². The van der Waals surface area contributed by atoms with E-state index >= 15 is 0 Å². The molecule has 0 aliphatic heterocycles. The summed E-state index contributed by atoms with van der Waals surface area (Å²) in [6.07, 6.45) is 1.86. The summed E-state index contributed by atoms with van der Waals surface area (Å²) in [4.78, 5) is 0.675. The van der Waals surface area contributed by atoms with Crippen molar-refractivity contribution in [2.75, 3.05) is 6.54 Å². The first-order valence-corrected chi connectivity index (χ1v) is 5.40. The van der Waals surface area contributed by atoms with Gasteiger partial charge in [-0.25, -0.2) is 9.35 Å². The van der Waals surface area contributed by atoms with Crippen LogP contribution in [0, 0.1) is 0 Å². The minimum absolute atomic E-state index is 0.675. The lowest BCUT2D eigenvalue weighted by Gasteiger charge is -2.01. The predicted molar refractivity (Wildman–Crippen MR) is 54.4 cm³/mol. The Balaban J connectivity index is 2.73. The molecule has 1 atom stereocenters. The fraction of sp³-hybridized carbons (Fsp3) is 0.333. The summed E-state index contributed by atoms with van der Waals surface area (Å²) in [5, 5.41) is 5.26. The van der Waals surface area contributed by atoms with Gasteiger partial charge in [0.05, 0.1) is 4.90 Å². The van der Waals surface area contributed by atoms with Crippen LogP contribution < -0.4 is 10.9 Å². The Morgan fingerprint density at radius 1 is 1.38 bits per heavy atom. The third-order valence-electron chi connectivity index (χ3n) is 1.80. The van der Waals surface area contributed by atoms with Gasteiger partial charge in [0.25, 0.3) is 0 Å². The van der Waals surface area contributed by atoms with Gasteiger partial charge in [-0.3, -0.25) is 0 Å². The highest BCUT2D eigenvalue weighted by molar-refractivity contribution is 7.82. The third kappa shape index (κ3) is 3.26. The van der Waals surface area contributed by atoms with Gasteiger partial charge in [-0.05, 0) is 37.1 Å². The fourth-order valence-electron chi connectivity index (χ4n) is 1.13. The van der Waals surface area contributed by atoms with Crippen LogP contribution in [-0.2, 0) is 17.4 Å². The normalized spacial score (nSPS) is 12.8. The summed E-state index contributed by atoms with van der Waals surface area (Å²) in [7, 11) is -1.38. The molecule has 0 aromatic heterocycles. The molecule has 0 bridgehead atoms. The van der Waals surface area contributed by atoms with Crippen LogP contribution in [-0.4, -0.2) is 10.8 Å². The van der Waals surface area contributed by atoms with Crippen LogP contribution in [0.3, 0.4) is 0 Å². The van der Waals surface area contributed by atoms with Gasteiger partial charge in [0, 0.05) is 0 Å². The van der Waals surface area contributed by atoms with E-state index in [-0.39, 0.29) is 0 Å². The van der Waals surface area contributed by atoms with E-state index in [1.165, 1.54) is 0 Å². The Morgan fingerprint density at radius 2 is 2.15 bits per heavy atom. The number of benzene rings is 1. The standard InChI is InChI=1S/C9H14N2OS/c10-6-2-4-8-3-1-5-9(7-8)13(11)12/h1,3,5,7H,2,4,6,10-11H2. The minimum Gasteiger partial charge on any atom is -0.330 e. The summed E-state index contributed by atoms with van der Waals surface area (Å²) in [6, 6.07) is 7.49. The maximum Gasteiger partial charge on any atom is 0.122 e. The maximum absolute atomic E-state index is 10.9. The predicted octanol–water partition coefficient (Wildman–Crippen LogP) is 0.559. The molecule has 0 aliphatic carbocycles. The quantitative estimate of drug-likeness (QED) is 0.742. The Bertz CT molecular complexity index is 301. The molecular weight excluding hydrogens is 184 g/mol. The van der Waals surface area contributed by atoms with Crippen molar-refractivity contribution in [2.24, 2.45) is 10.9 Å². The third-order valence-corrected chi connectivity index (χ3v) is 2.52. The van der Waals surface area contributed by atoms with Crippen LogP contribution in [0.2, 0.25) is 0 Å². The smallest absolute Gasteiger partial charge is 0.122 e. The molecule has 4 heteroatoms. The Morgan fingerprint density at radius 3 is 2.77 bits per heavy atom. The molecule has 72 valence electrons. The van der Waals surface area contributed by atoms with Gasteiger partial charge in [0.1, 0.15) is 11.0 Å². The van der Waals surface area contributed by atoms with Crippen LogP contribution >= 0.6 is 0 Å². The van der Waals surface area contributed by atoms with Crippen LogP contribution in [0.15, 0.2) is 29.2 Å². The topological polar surface area (TPSA) is 69.1 Å². The summed E-state index contributed by atoms with van der Waals surface area (Å²) in [5.41, 5.74) is 6.53. The summed E-state index contributed by atoms with van der Waals surface area (Å²) < 4.78 is 10.9. The minimum atomic E-state index is -1.38. The molecule has 1 aromatic rings. The number of nitrogens with two attached hydrogens (primary N) is 2. The van der Waals surface area contributed by atoms with Crippen molar-refractivity contribution in [3.05, 3.63) is 29.8 Å². The molecule has 0 fully saturated rings. The van der Waals surface area contributed by atoms with E-state index in [1.54, 1.807) is 6.07 Å². The van der Waals surface area contributed by atoms with Crippen LogP contribution in [0.4, 0.5) is 0 Å². The first-order valence-electron chi connectivity index (χ1n) is 4.19. The van der Waals surface area contributed by atoms with Crippen molar-refractivity contribution in [3.8, 4) is 0 Å². The number of rotatable bonds is 4. The van der Waals surface area contributed by atoms with Crippen LogP contribution in [0.25, 0.3) is 0 Å². The number of hydrogen-bond acceptors (Lipinski definition) is 2. The SMILES string of the molecule is NCCCc1cccc(S(N)=O)c1. The second-order valence-electron chi connectivity index (χ2n) is 2.84. The van der Waals surface area contributed by atoms with Gasteiger partial charge < -0.3 is 5.73 Å². The molecular formula is C9H14N2OS. The molecule has 0 saturated carbocycles. The molecule has 1 aromatic carbocycles. The maximum atomic E-state index is 10.9. The van der Waals surface area contributed by atoms with E-state index in [2.05, 4.69) is 0 Å². The number of aryl methyl sites for hydroxylation is 1. The van der Waals surface area contributed by atoms with E-state index in [9.17, 15) is 4.21 Å². The molecule has 3 nitrogen and oxygen atoms in total. The van der Waals surface area contributed by atoms with Gasteiger partial charge in [0.2, 0.25) is 0 Å². The lowest BCUT2D eigenvalue weighted by atomic mass is 10.1. The second-order valence-corrected chi connectivity index (χ2v) is 3.90. The first kappa shape index (κ1) is 10.4. The van der Waals surface area contributed by atoms with E-state index in [1.807, 2.05) is 18.2 Å². The average Bonchev–Trinajstić information content (AvgIpc) is 2.15. The molecule has 0 aliphatic rings. The van der Waals surface area contributed by atoms with E-state index in [0.717, 1.165) is 18.4 Å². The van der Waals surface area contributed by atoms with Gasteiger partial charge in [0.15, 0.2) is 0 Å². The summed E-state index contributed by atoms with van der Waals surface area (Å²) in [5.74, 6) is 0. The second kappa shape index (κ2) is 5.11. The van der Waals surface area contributed by atoms with Crippen molar-refractivity contribution < 1.29 is 4.21 Å². The molecule has 0 spiro atoms. The van der Waals surface area contributed by atoms with Gasteiger partial charge in [-0.2, -0.15) is 0 Å². The molecule has 0 radical (unpaired) electrons. The zero-order valence-electron chi connectivity index (χ0n) is 7.40. The Hall–Kier alpha value is -0.710. The number of hydrogen-bond donors (Lipinski definition) is 2. The molecule has 1 unspecified atom stereocenters. The highest BCUT2D eigenvalue weighted by Gasteiger charge is 1.98. The highest BCUT2D eigenvalue weighted by Crippen LogP contribution is 2.08. The van der Waals surface area contributed by atoms with Gasteiger partial charge in [-0.1, -0.05) is 12.1 Å². The van der Waals surface area contributed by atoms with Crippen molar-refractivity contribution in [1.29, 1.82) is 0 Å². The summed E-state index contributed by atoms with van der Waals surface area (Å²) in [6.45, 7) is 0.677. The lowest BCUT2D eigenvalue weighted by molar-refractivity contribution is 0.684.